The summed E-state index contributed by atoms with van der Waals surface area (Å²) in [6, 6.07) is 7.04. The second-order valence-electron chi connectivity index (χ2n) is 4.64. The van der Waals surface area contributed by atoms with Gasteiger partial charge in [-0.15, -0.1) is 10.2 Å². The van der Waals surface area contributed by atoms with Crippen molar-refractivity contribution in [1.29, 1.82) is 0 Å². The van der Waals surface area contributed by atoms with E-state index in [0.717, 1.165) is 0 Å². The summed E-state index contributed by atoms with van der Waals surface area (Å²) in [7, 11) is 0. The van der Waals surface area contributed by atoms with E-state index in [-0.39, 0.29) is 11.9 Å². The molecule has 0 saturated carbocycles. The summed E-state index contributed by atoms with van der Waals surface area (Å²) >= 11 is 7.16. The fourth-order valence-electron chi connectivity index (χ4n) is 1.70. The van der Waals surface area contributed by atoms with Crippen LogP contribution < -0.4 is 4.74 Å². The van der Waals surface area contributed by atoms with Gasteiger partial charge >= 0.3 is 0 Å². The number of rotatable bonds is 6. The first-order chi connectivity index (χ1) is 11.1. The van der Waals surface area contributed by atoms with Gasteiger partial charge in [0, 0.05) is 5.02 Å². The zero-order chi connectivity index (χ0) is 16.2. The Bertz CT molecular complexity index is 774. The summed E-state index contributed by atoms with van der Waals surface area (Å²) in [5.41, 5.74) is 0. The standard InChI is InChI=1S/C14H13ClN4O3S/c1-8(13-16-9(2)19-22-13)23-14-18-17-12(21-14)7-20-11-5-3-10(15)4-6-11/h3-6,8H,7H2,1-2H3. The smallest absolute Gasteiger partial charge is 0.277 e. The van der Waals surface area contributed by atoms with E-state index in [1.54, 1.807) is 31.2 Å². The van der Waals surface area contributed by atoms with Crippen molar-refractivity contribution in [3.8, 4) is 5.75 Å². The van der Waals surface area contributed by atoms with E-state index in [1.807, 2.05) is 6.92 Å². The van der Waals surface area contributed by atoms with Gasteiger partial charge in [-0.3, -0.25) is 0 Å². The number of benzene rings is 1. The van der Waals surface area contributed by atoms with Gasteiger partial charge in [0.05, 0.1) is 5.25 Å². The first-order valence-corrected chi connectivity index (χ1v) is 8.03. The Balaban J connectivity index is 1.56. The molecule has 3 rings (SSSR count). The van der Waals surface area contributed by atoms with Gasteiger partial charge in [-0.25, -0.2) is 0 Å². The highest BCUT2D eigenvalue weighted by Gasteiger charge is 2.18. The zero-order valence-corrected chi connectivity index (χ0v) is 14.0. The Kier molecular flexibility index (Phi) is 4.82. The quantitative estimate of drug-likeness (QED) is 0.618. The van der Waals surface area contributed by atoms with E-state index in [1.165, 1.54) is 11.8 Å². The fourth-order valence-corrected chi connectivity index (χ4v) is 2.56. The first kappa shape index (κ1) is 15.8. The van der Waals surface area contributed by atoms with Gasteiger partial charge in [0.2, 0.25) is 5.89 Å². The van der Waals surface area contributed by atoms with E-state index in [0.29, 0.717) is 33.6 Å². The number of ether oxygens (including phenoxy) is 1. The molecule has 0 N–H and O–H groups in total. The van der Waals surface area contributed by atoms with Crippen molar-refractivity contribution in [3.05, 3.63) is 46.9 Å². The number of hydrogen-bond donors (Lipinski definition) is 0. The minimum absolute atomic E-state index is 0.0818. The van der Waals surface area contributed by atoms with E-state index >= 15 is 0 Å². The molecule has 7 nitrogen and oxygen atoms in total. The van der Waals surface area contributed by atoms with Crippen molar-refractivity contribution >= 4 is 23.4 Å². The summed E-state index contributed by atoms with van der Waals surface area (Å²) in [6.07, 6.45) is 0. The van der Waals surface area contributed by atoms with Crippen LogP contribution in [0.1, 0.15) is 29.8 Å². The van der Waals surface area contributed by atoms with Gasteiger partial charge in [-0.05, 0) is 38.1 Å². The predicted octanol–water partition coefficient (Wildman–Crippen LogP) is 3.85. The molecule has 0 aliphatic rings. The van der Waals surface area contributed by atoms with Crippen LogP contribution in [0.4, 0.5) is 0 Å². The Morgan fingerprint density at radius 1 is 1.26 bits per heavy atom. The molecule has 120 valence electrons. The second-order valence-corrected chi connectivity index (χ2v) is 6.37. The Labute approximate surface area is 141 Å². The van der Waals surface area contributed by atoms with Gasteiger partial charge in [0.25, 0.3) is 11.1 Å². The minimum atomic E-state index is -0.0818. The van der Waals surface area contributed by atoms with Crippen LogP contribution in [-0.4, -0.2) is 20.3 Å². The summed E-state index contributed by atoms with van der Waals surface area (Å²) in [4.78, 5) is 4.17. The SMILES string of the molecule is Cc1noc(C(C)Sc2nnc(COc3ccc(Cl)cc3)o2)n1. The number of thioether (sulfide) groups is 1. The monoisotopic (exact) mass is 352 g/mol. The number of nitrogens with zero attached hydrogens (tertiary/aromatic N) is 4. The predicted molar refractivity (Wildman–Crippen MR) is 83.4 cm³/mol. The summed E-state index contributed by atoms with van der Waals surface area (Å²) < 4.78 is 16.2. The lowest BCUT2D eigenvalue weighted by Gasteiger charge is -2.03. The Morgan fingerprint density at radius 2 is 2.04 bits per heavy atom. The molecule has 0 aliphatic heterocycles. The fraction of sp³-hybridized carbons (Fsp3) is 0.286. The molecular formula is C14H13ClN4O3S. The van der Waals surface area contributed by atoms with Crippen LogP contribution in [0.15, 0.2) is 38.4 Å². The molecule has 1 aromatic carbocycles. The maximum absolute atomic E-state index is 5.82. The molecule has 0 spiro atoms. The van der Waals surface area contributed by atoms with E-state index in [9.17, 15) is 0 Å². The van der Waals surface area contributed by atoms with E-state index in [2.05, 4.69) is 20.3 Å². The first-order valence-electron chi connectivity index (χ1n) is 6.78. The Morgan fingerprint density at radius 3 is 2.74 bits per heavy atom. The molecule has 0 amide bonds. The lowest BCUT2D eigenvalue weighted by Crippen LogP contribution is -1.95. The Hall–Kier alpha value is -2.06. The summed E-state index contributed by atoms with van der Waals surface area (Å²) in [5, 5.41) is 12.7. The molecule has 2 heterocycles. The molecule has 0 aliphatic carbocycles. The largest absolute Gasteiger partial charge is 0.484 e. The molecule has 0 bridgehead atoms. The van der Waals surface area contributed by atoms with Crippen LogP contribution in [0.3, 0.4) is 0 Å². The van der Waals surface area contributed by atoms with E-state index < -0.39 is 0 Å². The van der Waals surface area contributed by atoms with Gasteiger partial charge < -0.3 is 13.7 Å². The van der Waals surface area contributed by atoms with Gasteiger partial charge in [0.1, 0.15) is 5.75 Å². The molecule has 1 atom stereocenters. The molecule has 0 fully saturated rings. The summed E-state index contributed by atoms with van der Waals surface area (Å²) in [6.45, 7) is 3.87. The summed E-state index contributed by atoms with van der Waals surface area (Å²) in [5.74, 6) is 2.17. The maximum Gasteiger partial charge on any atom is 0.277 e. The average molecular weight is 353 g/mol. The van der Waals surface area contributed by atoms with Crippen molar-refractivity contribution in [3.63, 3.8) is 0 Å². The molecule has 9 heteroatoms. The van der Waals surface area contributed by atoms with Crippen LogP contribution in [0, 0.1) is 6.92 Å². The highest BCUT2D eigenvalue weighted by molar-refractivity contribution is 7.99. The van der Waals surface area contributed by atoms with Crippen LogP contribution in [0.2, 0.25) is 5.02 Å². The van der Waals surface area contributed by atoms with Gasteiger partial charge in [0.15, 0.2) is 12.4 Å². The number of hydrogen-bond acceptors (Lipinski definition) is 8. The lowest BCUT2D eigenvalue weighted by molar-refractivity contribution is 0.252. The number of aryl methyl sites for hydroxylation is 1. The third-order valence-electron chi connectivity index (χ3n) is 2.79. The normalized spacial score (nSPS) is 12.3. The third kappa shape index (κ3) is 4.23. The van der Waals surface area contributed by atoms with Crippen LogP contribution in [-0.2, 0) is 6.61 Å². The van der Waals surface area contributed by atoms with Crippen molar-refractivity contribution in [2.75, 3.05) is 0 Å². The van der Waals surface area contributed by atoms with Crippen molar-refractivity contribution < 1.29 is 13.7 Å². The lowest BCUT2D eigenvalue weighted by atomic mass is 10.3. The second kappa shape index (κ2) is 7.01. The van der Waals surface area contributed by atoms with Crippen molar-refractivity contribution in [1.82, 2.24) is 20.3 Å². The van der Waals surface area contributed by atoms with Crippen molar-refractivity contribution in [2.24, 2.45) is 0 Å². The van der Waals surface area contributed by atoms with Gasteiger partial charge in [-0.1, -0.05) is 28.5 Å². The highest BCUT2D eigenvalue weighted by Crippen LogP contribution is 2.32. The van der Waals surface area contributed by atoms with Crippen LogP contribution >= 0.6 is 23.4 Å². The zero-order valence-electron chi connectivity index (χ0n) is 12.4. The molecule has 23 heavy (non-hydrogen) atoms. The van der Waals surface area contributed by atoms with E-state index in [4.69, 9.17) is 25.3 Å². The minimum Gasteiger partial charge on any atom is -0.484 e. The van der Waals surface area contributed by atoms with Crippen LogP contribution in [0.25, 0.3) is 0 Å². The molecule has 2 aromatic heterocycles. The van der Waals surface area contributed by atoms with Crippen molar-refractivity contribution in [2.45, 2.75) is 30.9 Å². The molecule has 0 radical (unpaired) electrons. The van der Waals surface area contributed by atoms with Gasteiger partial charge in [-0.2, -0.15) is 4.98 Å². The molecule has 0 saturated heterocycles. The highest BCUT2D eigenvalue weighted by atomic mass is 35.5. The average Bonchev–Trinajstić information content (AvgIpc) is 3.16. The number of halogens is 1. The third-order valence-corrected chi connectivity index (χ3v) is 3.97. The molecule has 1 unspecified atom stereocenters. The van der Waals surface area contributed by atoms with Crippen LogP contribution in [0.5, 0.6) is 5.75 Å². The number of aromatic nitrogens is 4. The molecular weight excluding hydrogens is 340 g/mol. The maximum atomic E-state index is 5.82. The topological polar surface area (TPSA) is 87.1 Å². The molecule has 3 aromatic rings.